The van der Waals surface area contributed by atoms with Crippen LogP contribution in [0.5, 0.6) is 0 Å². The quantitative estimate of drug-likeness (QED) is 0.790. The molecule has 1 aromatic rings. The molecule has 1 amide bonds. The molecule has 1 heterocycles. The minimum absolute atomic E-state index is 0.0765. The second kappa shape index (κ2) is 5.87. The van der Waals surface area contributed by atoms with Gasteiger partial charge in [0.1, 0.15) is 0 Å². The van der Waals surface area contributed by atoms with Crippen molar-refractivity contribution in [1.29, 1.82) is 0 Å². The summed E-state index contributed by atoms with van der Waals surface area (Å²) in [5.74, 6) is 0.163. The molecule has 5 heteroatoms. The van der Waals surface area contributed by atoms with E-state index in [1.807, 2.05) is 34.7 Å². The molecule has 0 radical (unpaired) electrons. The number of carbonyl (C=O) groups excluding carboxylic acids is 1. The Labute approximate surface area is 112 Å². The Morgan fingerprint density at radius 2 is 1.94 bits per heavy atom. The minimum Gasteiger partial charge on any atom is -0.342 e. The second-order valence-electron chi connectivity index (χ2n) is 4.42. The lowest BCUT2D eigenvalue weighted by atomic mass is 10.3. The summed E-state index contributed by atoms with van der Waals surface area (Å²) in [4.78, 5) is 19.5. The van der Waals surface area contributed by atoms with Gasteiger partial charge in [-0.05, 0) is 34.6 Å². The van der Waals surface area contributed by atoms with Gasteiger partial charge in [0.05, 0.1) is 10.9 Å². The third-order valence-corrected chi connectivity index (χ3v) is 5.01. The van der Waals surface area contributed by atoms with Gasteiger partial charge in [-0.15, -0.1) is 11.3 Å². The maximum atomic E-state index is 12.1. The Morgan fingerprint density at radius 3 is 2.35 bits per heavy atom. The Balaban J connectivity index is 2.66. The number of carbonyl (C=O) groups is 1. The minimum atomic E-state index is -0.0765. The largest absolute Gasteiger partial charge is 0.342 e. The van der Waals surface area contributed by atoms with Crippen LogP contribution in [0.25, 0.3) is 0 Å². The zero-order valence-electron chi connectivity index (χ0n) is 11.3. The van der Waals surface area contributed by atoms with E-state index in [0.29, 0.717) is 0 Å². The molecular weight excluding hydrogens is 252 g/mol. The number of thioether (sulfide) groups is 1. The molecule has 0 aliphatic heterocycles. The first-order valence-electron chi connectivity index (χ1n) is 5.70. The molecule has 1 aromatic heterocycles. The normalized spacial score (nSPS) is 12.9. The van der Waals surface area contributed by atoms with E-state index >= 15 is 0 Å². The van der Waals surface area contributed by atoms with E-state index < -0.39 is 0 Å². The molecule has 17 heavy (non-hydrogen) atoms. The van der Waals surface area contributed by atoms with Gasteiger partial charge in [0, 0.05) is 18.0 Å². The smallest absolute Gasteiger partial charge is 0.235 e. The van der Waals surface area contributed by atoms with Crippen LogP contribution >= 0.6 is 23.1 Å². The SMILES string of the molecule is Cc1nc(S[C@@H](C)C(=O)N(C)C(C)C)sc1C. The number of hydrogen-bond donors (Lipinski definition) is 0. The molecule has 0 aliphatic carbocycles. The van der Waals surface area contributed by atoms with Gasteiger partial charge in [-0.1, -0.05) is 11.8 Å². The second-order valence-corrected chi connectivity index (χ2v) is 7.22. The van der Waals surface area contributed by atoms with Gasteiger partial charge in [-0.3, -0.25) is 4.79 Å². The lowest BCUT2D eigenvalue weighted by molar-refractivity contribution is -0.130. The highest BCUT2D eigenvalue weighted by atomic mass is 32.2. The molecule has 0 spiro atoms. The van der Waals surface area contributed by atoms with Gasteiger partial charge < -0.3 is 4.90 Å². The fourth-order valence-corrected chi connectivity index (χ4v) is 3.63. The van der Waals surface area contributed by atoms with Crippen molar-refractivity contribution in [3.63, 3.8) is 0 Å². The summed E-state index contributed by atoms with van der Waals surface area (Å²) in [6.07, 6.45) is 0. The van der Waals surface area contributed by atoms with Crippen molar-refractivity contribution in [2.45, 2.75) is 50.3 Å². The third kappa shape index (κ3) is 3.71. The highest BCUT2D eigenvalue weighted by molar-refractivity contribution is 8.02. The maximum absolute atomic E-state index is 12.1. The van der Waals surface area contributed by atoms with E-state index in [1.165, 1.54) is 4.88 Å². The van der Waals surface area contributed by atoms with Gasteiger partial charge in [0.15, 0.2) is 4.34 Å². The van der Waals surface area contributed by atoms with Crippen LogP contribution in [0.2, 0.25) is 0 Å². The molecule has 96 valence electrons. The zero-order chi connectivity index (χ0) is 13.2. The van der Waals surface area contributed by atoms with E-state index in [4.69, 9.17) is 0 Å². The fourth-order valence-electron chi connectivity index (χ4n) is 1.24. The van der Waals surface area contributed by atoms with Crippen molar-refractivity contribution in [1.82, 2.24) is 9.88 Å². The van der Waals surface area contributed by atoms with E-state index in [0.717, 1.165) is 10.0 Å². The maximum Gasteiger partial charge on any atom is 0.235 e. The highest BCUT2D eigenvalue weighted by Crippen LogP contribution is 2.30. The highest BCUT2D eigenvalue weighted by Gasteiger charge is 2.21. The Morgan fingerprint density at radius 1 is 1.35 bits per heavy atom. The number of nitrogens with zero attached hydrogens (tertiary/aromatic N) is 2. The predicted molar refractivity (Wildman–Crippen MR) is 74.8 cm³/mol. The lowest BCUT2D eigenvalue weighted by Gasteiger charge is -2.24. The van der Waals surface area contributed by atoms with Gasteiger partial charge in [0.2, 0.25) is 5.91 Å². The zero-order valence-corrected chi connectivity index (χ0v) is 12.9. The Hall–Kier alpha value is -0.550. The molecule has 0 bridgehead atoms. The summed E-state index contributed by atoms with van der Waals surface area (Å²) in [6, 6.07) is 0.241. The number of aromatic nitrogens is 1. The van der Waals surface area contributed by atoms with Gasteiger partial charge in [-0.25, -0.2) is 4.98 Å². The van der Waals surface area contributed by atoms with Crippen LogP contribution in [0.3, 0.4) is 0 Å². The molecule has 1 atom stereocenters. The summed E-state index contributed by atoms with van der Waals surface area (Å²) in [6.45, 7) is 10.0. The number of amides is 1. The number of rotatable bonds is 4. The average Bonchev–Trinajstić information content (AvgIpc) is 2.55. The first-order valence-corrected chi connectivity index (χ1v) is 7.40. The molecule has 0 fully saturated rings. The van der Waals surface area contributed by atoms with Crippen molar-refractivity contribution in [2.24, 2.45) is 0 Å². The summed E-state index contributed by atoms with van der Waals surface area (Å²) < 4.78 is 0.984. The van der Waals surface area contributed by atoms with Crippen molar-refractivity contribution in [2.75, 3.05) is 7.05 Å². The first kappa shape index (κ1) is 14.5. The molecule has 0 saturated carbocycles. The van der Waals surface area contributed by atoms with Gasteiger partial charge >= 0.3 is 0 Å². The lowest BCUT2D eigenvalue weighted by Crippen LogP contribution is -2.38. The molecule has 0 saturated heterocycles. The molecule has 0 N–H and O–H groups in total. The van der Waals surface area contributed by atoms with Crippen molar-refractivity contribution >= 4 is 29.0 Å². The van der Waals surface area contributed by atoms with Gasteiger partial charge in [0.25, 0.3) is 0 Å². The third-order valence-electron chi connectivity index (χ3n) is 2.76. The number of hydrogen-bond acceptors (Lipinski definition) is 4. The van der Waals surface area contributed by atoms with Crippen molar-refractivity contribution in [3.8, 4) is 0 Å². The van der Waals surface area contributed by atoms with Crippen LogP contribution in [0.15, 0.2) is 4.34 Å². The fraction of sp³-hybridized carbons (Fsp3) is 0.667. The first-order chi connectivity index (χ1) is 7.82. The molecule has 3 nitrogen and oxygen atoms in total. The summed E-state index contributed by atoms with van der Waals surface area (Å²) >= 11 is 3.21. The standard InChI is InChI=1S/C12H20N2OS2/c1-7(2)14(6)11(15)10(5)17-12-13-8(3)9(4)16-12/h7,10H,1-6H3/t10-/m0/s1. The van der Waals surface area contributed by atoms with Crippen LogP contribution in [0, 0.1) is 13.8 Å². The van der Waals surface area contributed by atoms with Crippen molar-refractivity contribution < 1.29 is 4.79 Å². The molecule has 1 rings (SSSR count). The van der Waals surface area contributed by atoms with E-state index in [-0.39, 0.29) is 17.2 Å². The van der Waals surface area contributed by atoms with Gasteiger partial charge in [-0.2, -0.15) is 0 Å². The molecule has 0 aliphatic rings. The summed E-state index contributed by atoms with van der Waals surface area (Å²) in [5, 5.41) is -0.0765. The van der Waals surface area contributed by atoms with Crippen molar-refractivity contribution in [3.05, 3.63) is 10.6 Å². The monoisotopic (exact) mass is 272 g/mol. The molecular formula is C12H20N2OS2. The van der Waals surface area contributed by atoms with E-state index in [9.17, 15) is 4.79 Å². The predicted octanol–water partition coefficient (Wildman–Crippen LogP) is 3.11. The summed E-state index contributed by atoms with van der Waals surface area (Å²) in [7, 11) is 1.85. The number of aryl methyl sites for hydroxylation is 2. The summed E-state index contributed by atoms with van der Waals surface area (Å²) in [5.41, 5.74) is 1.06. The topological polar surface area (TPSA) is 33.2 Å². The van der Waals surface area contributed by atoms with Crippen LogP contribution in [-0.4, -0.2) is 34.1 Å². The Bertz CT molecular complexity index is 382. The average molecular weight is 272 g/mol. The van der Waals surface area contributed by atoms with Crippen LogP contribution < -0.4 is 0 Å². The van der Waals surface area contributed by atoms with E-state index in [1.54, 1.807) is 28.0 Å². The van der Waals surface area contributed by atoms with E-state index in [2.05, 4.69) is 11.9 Å². The van der Waals surface area contributed by atoms with Crippen LogP contribution in [-0.2, 0) is 4.79 Å². The molecule has 0 aromatic carbocycles. The van der Waals surface area contributed by atoms with Crippen LogP contribution in [0.1, 0.15) is 31.3 Å². The Kier molecular flexibility index (Phi) is 5.01. The van der Waals surface area contributed by atoms with Crippen LogP contribution in [0.4, 0.5) is 0 Å². The molecule has 0 unspecified atom stereocenters. The number of thiazole rings is 1.